The van der Waals surface area contributed by atoms with Crippen LogP contribution in [0.4, 0.5) is 5.82 Å². The highest BCUT2D eigenvalue weighted by atomic mass is 16.1. The molecule has 0 aliphatic heterocycles. The number of nitrogens with zero attached hydrogens (tertiary/aromatic N) is 1. The number of Topliss-reactive ketones (excluding diaryl/α,β-unsaturated/α-hetero) is 1. The largest absolute Gasteiger partial charge is 0.364 e. The molecule has 0 atom stereocenters. The van der Waals surface area contributed by atoms with Gasteiger partial charge in [-0.05, 0) is 25.1 Å². The minimum absolute atomic E-state index is 0.0794. The number of para-hydroxylation sites is 1. The molecule has 4 nitrogen and oxygen atoms in total. The quantitative estimate of drug-likeness (QED) is 0.712. The number of aromatic amines is 2. The number of hydrogen-bond donors (Lipinski definition) is 2. The van der Waals surface area contributed by atoms with Gasteiger partial charge in [-0.3, -0.25) is 4.79 Å². The lowest BCUT2D eigenvalue weighted by Gasteiger charge is -2.18. The highest BCUT2D eigenvalue weighted by Crippen LogP contribution is 2.29. The monoisotopic (exact) mass is 267 g/mol. The molecule has 0 fully saturated rings. The average molecular weight is 267 g/mol. The number of anilines is 1. The number of carbonyl (C=O) groups excluding carboxylic acids is 1. The summed E-state index contributed by atoms with van der Waals surface area (Å²) in [6.45, 7) is 2.34. The first kappa shape index (κ1) is 12.5. The van der Waals surface area contributed by atoms with Crippen molar-refractivity contribution in [1.29, 1.82) is 0 Å². The topological polar surface area (TPSA) is 51.9 Å². The summed E-state index contributed by atoms with van der Waals surface area (Å²) in [4.78, 5) is 20.6. The smallest absolute Gasteiger partial charge is 0.164 e. The van der Waals surface area contributed by atoms with Gasteiger partial charge in [-0.25, -0.2) is 0 Å². The number of H-pyrrole nitrogens is 2. The lowest BCUT2D eigenvalue weighted by atomic mass is 10.1. The number of fused-ring (bicyclic) bond motifs is 1. The van der Waals surface area contributed by atoms with Crippen molar-refractivity contribution in [2.75, 3.05) is 11.9 Å². The summed E-state index contributed by atoms with van der Waals surface area (Å²) >= 11 is 0. The van der Waals surface area contributed by atoms with E-state index in [1.54, 1.807) is 6.92 Å². The van der Waals surface area contributed by atoms with Gasteiger partial charge in [-0.1, -0.05) is 18.2 Å². The Hall–Kier alpha value is -2.49. The van der Waals surface area contributed by atoms with Gasteiger partial charge in [0.1, 0.15) is 5.82 Å². The third kappa shape index (κ3) is 2.09. The number of nitrogens with one attached hydrogen (secondary N) is 2. The fourth-order valence-corrected chi connectivity index (χ4v) is 2.57. The van der Waals surface area contributed by atoms with Gasteiger partial charge in [0, 0.05) is 29.8 Å². The maximum absolute atomic E-state index is 12.0. The van der Waals surface area contributed by atoms with Gasteiger partial charge in [0.15, 0.2) is 5.78 Å². The second-order valence-corrected chi connectivity index (χ2v) is 5.00. The van der Waals surface area contributed by atoms with Crippen LogP contribution in [0.15, 0.2) is 42.6 Å². The average Bonchev–Trinajstić information content (AvgIpc) is 3.04. The van der Waals surface area contributed by atoms with E-state index < -0.39 is 0 Å². The first-order valence-corrected chi connectivity index (χ1v) is 6.62. The van der Waals surface area contributed by atoms with E-state index in [9.17, 15) is 4.79 Å². The van der Waals surface area contributed by atoms with E-state index in [2.05, 4.69) is 14.9 Å². The molecule has 4 heteroatoms. The highest BCUT2D eigenvalue weighted by Gasteiger charge is 2.18. The van der Waals surface area contributed by atoms with Crippen LogP contribution in [0.5, 0.6) is 0 Å². The second kappa shape index (κ2) is 4.89. The molecule has 3 aromatic rings. The summed E-state index contributed by atoms with van der Waals surface area (Å²) in [5.41, 5.74) is 2.86. The number of hydrogen-bond acceptors (Lipinski definition) is 2. The normalized spacial score (nSPS) is 10.9. The lowest BCUT2D eigenvalue weighted by Crippen LogP contribution is -2.19. The van der Waals surface area contributed by atoms with Crippen LogP contribution in [0.3, 0.4) is 0 Å². The summed E-state index contributed by atoms with van der Waals surface area (Å²) in [5.74, 6) is 0.948. The molecule has 2 N–H and O–H groups in total. The van der Waals surface area contributed by atoms with Crippen molar-refractivity contribution in [3.8, 4) is 0 Å². The molecule has 0 aliphatic rings. The van der Waals surface area contributed by atoms with E-state index in [0.717, 1.165) is 34.5 Å². The molecule has 0 spiro atoms. The third-order valence-electron chi connectivity index (χ3n) is 3.49. The Labute approximate surface area is 117 Å². The molecule has 0 saturated heterocycles. The van der Waals surface area contributed by atoms with Crippen molar-refractivity contribution >= 4 is 22.5 Å². The summed E-state index contributed by atoms with van der Waals surface area (Å²) in [6, 6.07) is 11.9. The van der Waals surface area contributed by atoms with Crippen LogP contribution in [0.2, 0.25) is 0 Å². The maximum atomic E-state index is 12.0. The Morgan fingerprint density at radius 2 is 2.00 bits per heavy atom. The molecular weight excluding hydrogens is 250 g/mol. The van der Waals surface area contributed by atoms with E-state index in [1.807, 2.05) is 49.6 Å². The van der Waals surface area contributed by atoms with Crippen molar-refractivity contribution < 1.29 is 4.79 Å². The number of benzene rings is 1. The number of carbonyl (C=O) groups is 1. The maximum Gasteiger partial charge on any atom is 0.164 e. The zero-order valence-corrected chi connectivity index (χ0v) is 11.6. The zero-order chi connectivity index (χ0) is 14.1. The Balaban J connectivity index is 2.06. The van der Waals surface area contributed by atoms with Crippen LogP contribution >= 0.6 is 0 Å². The summed E-state index contributed by atoms with van der Waals surface area (Å²) in [5, 5.41) is 0.980. The zero-order valence-electron chi connectivity index (χ0n) is 11.6. The Morgan fingerprint density at radius 1 is 1.20 bits per heavy atom. The van der Waals surface area contributed by atoms with Gasteiger partial charge >= 0.3 is 0 Å². The van der Waals surface area contributed by atoms with E-state index in [-0.39, 0.29) is 5.78 Å². The molecule has 2 aromatic heterocycles. The van der Waals surface area contributed by atoms with Gasteiger partial charge in [-0.2, -0.15) is 0 Å². The SMILES string of the molecule is CC(=O)c1c(N(C)Cc2ccc[nH]2)[nH]c2ccccc12. The van der Waals surface area contributed by atoms with E-state index in [0.29, 0.717) is 0 Å². The third-order valence-corrected chi connectivity index (χ3v) is 3.49. The van der Waals surface area contributed by atoms with Crippen LogP contribution < -0.4 is 4.90 Å². The van der Waals surface area contributed by atoms with Gasteiger partial charge in [0.05, 0.1) is 12.1 Å². The minimum Gasteiger partial charge on any atom is -0.364 e. The summed E-state index contributed by atoms with van der Waals surface area (Å²) in [7, 11) is 1.98. The van der Waals surface area contributed by atoms with Crippen molar-refractivity contribution in [1.82, 2.24) is 9.97 Å². The van der Waals surface area contributed by atoms with Gasteiger partial charge in [0.25, 0.3) is 0 Å². The molecule has 1 aromatic carbocycles. The Kier molecular flexibility index (Phi) is 3.06. The summed E-state index contributed by atoms with van der Waals surface area (Å²) in [6.07, 6.45) is 1.90. The van der Waals surface area contributed by atoms with E-state index in [4.69, 9.17) is 0 Å². The molecule has 0 saturated carbocycles. The van der Waals surface area contributed by atoms with E-state index >= 15 is 0 Å². The van der Waals surface area contributed by atoms with Crippen LogP contribution in [-0.2, 0) is 6.54 Å². The molecule has 2 heterocycles. The summed E-state index contributed by atoms with van der Waals surface area (Å²) < 4.78 is 0. The predicted molar refractivity (Wildman–Crippen MR) is 81.2 cm³/mol. The molecular formula is C16H17N3O. The van der Waals surface area contributed by atoms with Gasteiger partial charge in [0.2, 0.25) is 0 Å². The number of aromatic nitrogens is 2. The molecule has 3 rings (SSSR count). The molecule has 0 aliphatic carbocycles. The van der Waals surface area contributed by atoms with Gasteiger partial charge < -0.3 is 14.9 Å². The Morgan fingerprint density at radius 3 is 2.70 bits per heavy atom. The van der Waals surface area contributed by atoms with Crippen molar-refractivity contribution in [3.63, 3.8) is 0 Å². The molecule has 0 amide bonds. The van der Waals surface area contributed by atoms with Gasteiger partial charge in [-0.15, -0.1) is 0 Å². The van der Waals surface area contributed by atoms with Crippen LogP contribution in [-0.4, -0.2) is 22.8 Å². The predicted octanol–water partition coefficient (Wildman–Crippen LogP) is 3.34. The molecule has 0 bridgehead atoms. The van der Waals surface area contributed by atoms with Crippen LogP contribution in [0, 0.1) is 0 Å². The van der Waals surface area contributed by atoms with Crippen LogP contribution in [0.25, 0.3) is 10.9 Å². The molecule has 0 unspecified atom stereocenters. The highest BCUT2D eigenvalue weighted by molar-refractivity contribution is 6.11. The lowest BCUT2D eigenvalue weighted by molar-refractivity contribution is 0.101. The number of ketones is 1. The van der Waals surface area contributed by atoms with Crippen molar-refractivity contribution in [3.05, 3.63) is 53.9 Å². The first-order valence-electron chi connectivity index (χ1n) is 6.62. The van der Waals surface area contributed by atoms with E-state index in [1.165, 1.54) is 0 Å². The minimum atomic E-state index is 0.0794. The van der Waals surface area contributed by atoms with Crippen LogP contribution in [0.1, 0.15) is 23.0 Å². The second-order valence-electron chi connectivity index (χ2n) is 5.00. The standard InChI is InChI=1S/C16H17N3O/c1-11(20)15-13-7-3-4-8-14(13)18-16(15)19(2)10-12-6-5-9-17-12/h3-9,17-18H,10H2,1-2H3. The first-order chi connectivity index (χ1) is 9.66. The molecule has 102 valence electrons. The Bertz CT molecular complexity index is 740. The fourth-order valence-electron chi connectivity index (χ4n) is 2.57. The molecule has 0 radical (unpaired) electrons. The molecule has 20 heavy (non-hydrogen) atoms. The van der Waals surface area contributed by atoms with Crippen molar-refractivity contribution in [2.45, 2.75) is 13.5 Å². The van der Waals surface area contributed by atoms with Crippen molar-refractivity contribution in [2.24, 2.45) is 0 Å². The fraction of sp³-hybridized carbons (Fsp3) is 0.188. The number of rotatable bonds is 4.